The van der Waals surface area contributed by atoms with E-state index in [9.17, 15) is 4.79 Å². The summed E-state index contributed by atoms with van der Waals surface area (Å²) in [5, 5.41) is -0.714. The van der Waals surface area contributed by atoms with Crippen LogP contribution in [0.25, 0.3) is 0 Å². The molecule has 0 aliphatic rings. The number of ether oxygens (including phenoxy) is 1. The minimum atomic E-state index is -0.714. The summed E-state index contributed by atoms with van der Waals surface area (Å²) in [6, 6.07) is 3.97. The molecule has 0 amide bonds. The Bertz CT molecular complexity index is 385. The van der Waals surface area contributed by atoms with E-state index in [2.05, 4.69) is 4.74 Å². The predicted octanol–water partition coefficient (Wildman–Crippen LogP) is 3.06. The van der Waals surface area contributed by atoms with E-state index in [1.54, 1.807) is 0 Å². The fourth-order valence-electron chi connectivity index (χ4n) is 1.49. The van der Waals surface area contributed by atoms with Crippen LogP contribution in [-0.2, 0) is 9.53 Å². The number of carbonyl (C=O) groups is 1. The van der Waals surface area contributed by atoms with Gasteiger partial charge < -0.3 is 4.74 Å². The van der Waals surface area contributed by atoms with Crippen LogP contribution in [0.1, 0.15) is 27.6 Å². The Morgan fingerprint density at radius 3 is 2.27 bits per heavy atom. The van der Waals surface area contributed by atoms with E-state index in [1.165, 1.54) is 12.7 Å². The lowest BCUT2D eigenvalue weighted by atomic mass is 9.98. The number of benzene rings is 1. The molecule has 1 aromatic rings. The predicted molar refractivity (Wildman–Crippen MR) is 61.3 cm³/mol. The second kappa shape index (κ2) is 4.67. The Morgan fingerprint density at radius 1 is 1.20 bits per heavy atom. The minimum absolute atomic E-state index is 0.414. The number of halogens is 1. The van der Waals surface area contributed by atoms with Crippen LogP contribution in [0.4, 0.5) is 0 Å². The zero-order chi connectivity index (χ0) is 11.6. The minimum Gasteiger partial charge on any atom is -0.468 e. The molecular formula is C12H15ClO2. The zero-order valence-corrected chi connectivity index (χ0v) is 10.2. The number of hydrogen-bond acceptors (Lipinski definition) is 2. The Balaban J connectivity index is 3.14. The van der Waals surface area contributed by atoms with Gasteiger partial charge in [-0.25, -0.2) is 0 Å². The molecule has 0 N–H and O–H groups in total. The zero-order valence-electron chi connectivity index (χ0n) is 9.43. The van der Waals surface area contributed by atoms with Crippen LogP contribution in [0.5, 0.6) is 0 Å². The normalized spacial score (nSPS) is 12.3. The maximum atomic E-state index is 11.3. The largest absolute Gasteiger partial charge is 0.468 e. The van der Waals surface area contributed by atoms with Gasteiger partial charge in [-0.05, 0) is 43.0 Å². The number of methoxy groups -OCH3 is 1. The molecule has 1 aromatic carbocycles. The van der Waals surface area contributed by atoms with Crippen LogP contribution in [-0.4, -0.2) is 13.1 Å². The van der Waals surface area contributed by atoms with Crippen molar-refractivity contribution in [1.82, 2.24) is 0 Å². The van der Waals surface area contributed by atoms with E-state index in [-0.39, 0.29) is 0 Å². The number of esters is 1. The van der Waals surface area contributed by atoms with Crippen LogP contribution in [0.2, 0.25) is 0 Å². The van der Waals surface area contributed by atoms with Crippen molar-refractivity contribution >= 4 is 17.6 Å². The molecule has 0 heterocycles. The number of hydrogen-bond donors (Lipinski definition) is 0. The summed E-state index contributed by atoms with van der Waals surface area (Å²) >= 11 is 6.01. The Morgan fingerprint density at radius 2 is 1.73 bits per heavy atom. The number of rotatable bonds is 2. The average molecular weight is 227 g/mol. The van der Waals surface area contributed by atoms with E-state index >= 15 is 0 Å². The highest BCUT2D eigenvalue weighted by Gasteiger charge is 2.20. The molecule has 0 spiro atoms. The van der Waals surface area contributed by atoms with Crippen LogP contribution < -0.4 is 0 Å². The molecule has 0 aliphatic carbocycles. The summed E-state index contributed by atoms with van der Waals surface area (Å²) in [6.45, 7) is 5.98. The molecule has 15 heavy (non-hydrogen) atoms. The summed E-state index contributed by atoms with van der Waals surface area (Å²) in [7, 11) is 1.34. The van der Waals surface area contributed by atoms with E-state index in [1.807, 2.05) is 32.9 Å². The van der Waals surface area contributed by atoms with E-state index < -0.39 is 11.3 Å². The highest BCUT2D eigenvalue weighted by atomic mass is 35.5. The third-order valence-corrected chi connectivity index (χ3v) is 2.98. The summed E-state index contributed by atoms with van der Waals surface area (Å²) in [5.74, 6) is -0.414. The fourth-order valence-corrected chi connectivity index (χ4v) is 1.81. The molecule has 0 radical (unpaired) electrons. The molecule has 1 atom stereocenters. The average Bonchev–Trinajstić information content (AvgIpc) is 2.21. The van der Waals surface area contributed by atoms with Crippen molar-refractivity contribution < 1.29 is 9.53 Å². The monoisotopic (exact) mass is 226 g/mol. The van der Waals surface area contributed by atoms with Crippen molar-refractivity contribution in [2.45, 2.75) is 26.1 Å². The first-order chi connectivity index (χ1) is 6.97. The van der Waals surface area contributed by atoms with Gasteiger partial charge in [-0.15, -0.1) is 11.6 Å². The Labute approximate surface area is 95.2 Å². The van der Waals surface area contributed by atoms with Crippen LogP contribution in [0.15, 0.2) is 12.1 Å². The first-order valence-electron chi connectivity index (χ1n) is 4.77. The van der Waals surface area contributed by atoms with Gasteiger partial charge in [-0.2, -0.15) is 0 Å². The Kier molecular flexibility index (Phi) is 3.75. The second-order valence-corrected chi connectivity index (χ2v) is 4.12. The molecule has 0 saturated heterocycles. The Hall–Kier alpha value is -1.02. The first kappa shape index (κ1) is 12.1. The van der Waals surface area contributed by atoms with Gasteiger partial charge >= 0.3 is 5.97 Å². The standard InChI is InChI=1S/C12H15ClO2/c1-7-5-9(3)10(6-8(7)2)11(13)12(14)15-4/h5-6,11H,1-4H3. The topological polar surface area (TPSA) is 26.3 Å². The van der Waals surface area contributed by atoms with Crippen molar-refractivity contribution in [3.8, 4) is 0 Å². The number of carbonyl (C=O) groups excluding carboxylic acids is 1. The lowest BCUT2D eigenvalue weighted by molar-refractivity contribution is -0.140. The van der Waals surface area contributed by atoms with Crippen molar-refractivity contribution in [3.63, 3.8) is 0 Å². The van der Waals surface area contributed by atoms with Crippen LogP contribution in [0.3, 0.4) is 0 Å². The summed E-state index contributed by atoms with van der Waals surface area (Å²) in [5.41, 5.74) is 4.17. The molecule has 0 aliphatic heterocycles. The van der Waals surface area contributed by atoms with Gasteiger partial charge in [-0.1, -0.05) is 12.1 Å². The van der Waals surface area contributed by atoms with Crippen LogP contribution in [0, 0.1) is 20.8 Å². The number of aryl methyl sites for hydroxylation is 3. The van der Waals surface area contributed by atoms with Crippen LogP contribution >= 0.6 is 11.6 Å². The molecule has 3 heteroatoms. The fraction of sp³-hybridized carbons (Fsp3) is 0.417. The maximum absolute atomic E-state index is 11.3. The first-order valence-corrected chi connectivity index (χ1v) is 5.20. The van der Waals surface area contributed by atoms with E-state index in [0.717, 1.165) is 16.7 Å². The summed E-state index contributed by atoms with van der Waals surface area (Å²) in [6.07, 6.45) is 0. The van der Waals surface area contributed by atoms with Crippen molar-refractivity contribution in [1.29, 1.82) is 0 Å². The van der Waals surface area contributed by atoms with Gasteiger partial charge in [0.15, 0.2) is 5.38 Å². The quantitative estimate of drug-likeness (QED) is 0.572. The molecule has 0 aromatic heterocycles. The van der Waals surface area contributed by atoms with Crippen molar-refractivity contribution in [3.05, 3.63) is 34.4 Å². The second-order valence-electron chi connectivity index (χ2n) is 3.68. The molecule has 1 rings (SSSR count). The lowest BCUT2D eigenvalue weighted by Gasteiger charge is -2.13. The van der Waals surface area contributed by atoms with Gasteiger partial charge in [0.2, 0.25) is 0 Å². The van der Waals surface area contributed by atoms with Gasteiger partial charge in [-0.3, -0.25) is 4.79 Å². The van der Waals surface area contributed by atoms with Gasteiger partial charge in [0.1, 0.15) is 0 Å². The molecular weight excluding hydrogens is 212 g/mol. The van der Waals surface area contributed by atoms with Gasteiger partial charge in [0.25, 0.3) is 0 Å². The van der Waals surface area contributed by atoms with Gasteiger partial charge in [0.05, 0.1) is 7.11 Å². The third-order valence-electron chi connectivity index (χ3n) is 2.56. The molecule has 1 unspecified atom stereocenters. The summed E-state index contributed by atoms with van der Waals surface area (Å²) < 4.78 is 4.62. The van der Waals surface area contributed by atoms with E-state index in [4.69, 9.17) is 11.6 Å². The highest BCUT2D eigenvalue weighted by Crippen LogP contribution is 2.27. The summed E-state index contributed by atoms with van der Waals surface area (Å²) in [4.78, 5) is 11.3. The number of alkyl halides is 1. The van der Waals surface area contributed by atoms with Crippen molar-refractivity contribution in [2.24, 2.45) is 0 Å². The molecule has 0 saturated carbocycles. The molecule has 2 nitrogen and oxygen atoms in total. The smallest absolute Gasteiger partial charge is 0.328 e. The van der Waals surface area contributed by atoms with Crippen molar-refractivity contribution in [2.75, 3.05) is 7.11 Å². The maximum Gasteiger partial charge on any atom is 0.328 e. The molecule has 0 fully saturated rings. The molecule has 82 valence electrons. The highest BCUT2D eigenvalue weighted by molar-refractivity contribution is 6.30. The SMILES string of the molecule is COC(=O)C(Cl)c1cc(C)c(C)cc1C. The lowest BCUT2D eigenvalue weighted by Crippen LogP contribution is -2.10. The van der Waals surface area contributed by atoms with Gasteiger partial charge in [0, 0.05) is 0 Å². The molecule has 0 bridgehead atoms. The van der Waals surface area contributed by atoms with E-state index in [0.29, 0.717) is 0 Å². The third kappa shape index (κ3) is 2.51.